The van der Waals surface area contributed by atoms with Gasteiger partial charge in [-0.2, -0.15) is 0 Å². The molecular weight excluding hydrogens is 308 g/mol. The van der Waals surface area contributed by atoms with Gasteiger partial charge in [-0.05, 0) is 38.5 Å². The van der Waals surface area contributed by atoms with E-state index in [9.17, 15) is 14.7 Å². The van der Waals surface area contributed by atoms with Gasteiger partial charge in [0.05, 0.1) is 11.1 Å². The number of aryl methyl sites for hydroxylation is 1. The van der Waals surface area contributed by atoms with Crippen molar-refractivity contribution < 1.29 is 19.2 Å². The summed E-state index contributed by atoms with van der Waals surface area (Å²) in [5.74, 6) is -0.594. The number of carboxylic acids is 1. The maximum atomic E-state index is 12.5. The van der Waals surface area contributed by atoms with Gasteiger partial charge in [-0.25, -0.2) is 0 Å². The first-order valence-electron chi connectivity index (χ1n) is 7.76. The maximum absolute atomic E-state index is 12.5. The molecule has 128 valence electrons. The highest BCUT2D eigenvalue weighted by atomic mass is 16.5. The number of benzene rings is 1. The van der Waals surface area contributed by atoms with Crippen LogP contribution in [-0.4, -0.2) is 22.1 Å². The molecule has 6 nitrogen and oxygen atoms in total. The van der Waals surface area contributed by atoms with Gasteiger partial charge in [0.25, 0.3) is 5.91 Å². The molecule has 0 radical (unpaired) electrons. The Morgan fingerprint density at radius 3 is 2.29 bits per heavy atom. The predicted octanol–water partition coefficient (Wildman–Crippen LogP) is 3.72. The summed E-state index contributed by atoms with van der Waals surface area (Å²) in [5.41, 5.74) is 1.25. The first-order chi connectivity index (χ1) is 11.1. The van der Waals surface area contributed by atoms with E-state index in [0.717, 1.165) is 0 Å². The maximum Gasteiger partial charge on any atom is 0.313 e. The highest BCUT2D eigenvalue weighted by Crippen LogP contribution is 2.26. The summed E-state index contributed by atoms with van der Waals surface area (Å²) in [7, 11) is 0. The number of nitrogens with one attached hydrogen (secondary N) is 1. The monoisotopic (exact) mass is 330 g/mol. The Bertz CT molecular complexity index is 758. The fourth-order valence-corrected chi connectivity index (χ4v) is 2.34. The minimum Gasteiger partial charge on any atom is -0.481 e. The summed E-state index contributed by atoms with van der Waals surface area (Å²) in [6, 6.07) is 6.78. The molecule has 1 amide bonds. The van der Waals surface area contributed by atoms with E-state index in [1.165, 1.54) is 0 Å². The highest BCUT2D eigenvalue weighted by Gasteiger charge is 2.29. The van der Waals surface area contributed by atoms with Crippen LogP contribution < -0.4 is 5.32 Å². The van der Waals surface area contributed by atoms with E-state index in [0.29, 0.717) is 28.3 Å². The van der Waals surface area contributed by atoms with Crippen LogP contribution in [0.25, 0.3) is 0 Å². The smallest absolute Gasteiger partial charge is 0.313 e. The van der Waals surface area contributed by atoms with E-state index in [1.807, 2.05) is 13.8 Å². The van der Waals surface area contributed by atoms with E-state index in [2.05, 4.69) is 10.5 Å². The summed E-state index contributed by atoms with van der Waals surface area (Å²) in [5, 5.41) is 15.9. The molecule has 0 fully saturated rings. The number of carbonyl (C=O) groups is 2. The van der Waals surface area contributed by atoms with Gasteiger partial charge in [-0.3, -0.25) is 9.59 Å². The van der Waals surface area contributed by atoms with Crippen molar-refractivity contribution in [3.8, 4) is 0 Å². The van der Waals surface area contributed by atoms with Crippen molar-refractivity contribution >= 4 is 17.6 Å². The lowest BCUT2D eigenvalue weighted by Gasteiger charge is -2.19. The van der Waals surface area contributed by atoms with Crippen LogP contribution in [0.1, 0.15) is 61.0 Å². The average Bonchev–Trinajstić information content (AvgIpc) is 2.89. The number of carboxylic acid groups (broad SMARTS) is 1. The molecule has 0 aliphatic carbocycles. The molecule has 0 aliphatic heterocycles. The zero-order valence-corrected chi connectivity index (χ0v) is 14.5. The predicted molar refractivity (Wildman–Crippen MR) is 90.4 cm³/mol. The Kier molecular flexibility index (Phi) is 4.78. The number of aliphatic carboxylic acids is 1. The molecule has 2 rings (SSSR count). The first kappa shape index (κ1) is 17.7. The molecule has 0 atom stereocenters. The Hall–Kier alpha value is -2.63. The van der Waals surface area contributed by atoms with Crippen LogP contribution in [0.4, 0.5) is 5.69 Å². The van der Waals surface area contributed by atoms with Gasteiger partial charge in [-0.1, -0.05) is 31.1 Å². The van der Waals surface area contributed by atoms with Gasteiger partial charge < -0.3 is 14.9 Å². The molecule has 0 unspecified atom stereocenters. The summed E-state index contributed by atoms with van der Waals surface area (Å²) >= 11 is 0. The van der Waals surface area contributed by atoms with Crippen LogP contribution in [0.5, 0.6) is 0 Å². The van der Waals surface area contributed by atoms with Gasteiger partial charge >= 0.3 is 5.97 Å². The molecular formula is C18H22N2O4. The third-order valence-electron chi connectivity index (χ3n) is 4.04. The number of amides is 1. The van der Waals surface area contributed by atoms with Gasteiger partial charge in [-0.15, -0.1) is 0 Å². The summed E-state index contributed by atoms with van der Waals surface area (Å²) in [6.07, 6.45) is 0. The lowest BCUT2D eigenvalue weighted by Crippen LogP contribution is -2.28. The topological polar surface area (TPSA) is 92.4 Å². The Morgan fingerprint density at radius 2 is 1.79 bits per heavy atom. The van der Waals surface area contributed by atoms with Crippen molar-refractivity contribution in [2.45, 2.75) is 46.0 Å². The fraction of sp³-hybridized carbons (Fsp3) is 0.389. The summed E-state index contributed by atoms with van der Waals surface area (Å²) in [6.45, 7) is 8.86. The Balaban J connectivity index is 2.22. The number of hydrogen-bond acceptors (Lipinski definition) is 4. The highest BCUT2D eigenvalue weighted by molar-refractivity contribution is 6.05. The van der Waals surface area contributed by atoms with E-state index in [4.69, 9.17) is 4.52 Å². The number of anilines is 1. The van der Waals surface area contributed by atoms with Crippen LogP contribution in [0, 0.1) is 6.92 Å². The molecule has 2 aromatic rings. The van der Waals surface area contributed by atoms with Crippen molar-refractivity contribution in [2.24, 2.45) is 0 Å². The van der Waals surface area contributed by atoms with Gasteiger partial charge in [0.2, 0.25) is 0 Å². The molecule has 0 bridgehead atoms. The third-order valence-corrected chi connectivity index (χ3v) is 4.04. The lowest BCUT2D eigenvalue weighted by atomic mass is 9.85. The summed E-state index contributed by atoms with van der Waals surface area (Å²) < 4.78 is 5.23. The number of carbonyl (C=O) groups excluding carboxylic acids is 1. The van der Waals surface area contributed by atoms with Crippen LogP contribution in [0.2, 0.25) is 0 Å². The van der Waals surface area contributed by atoms with Gasteiger partial charge in [0.15, 0.2) is 5.76 Å². The Morgan fingerprint density at radius 1 is 1.21 bits per heavy atom. The molecule has 1 heterocycles. The van der Waals surface area contributed by atoms with Gasteiger partial charge in [0, 0.05) is 11.6 Å². The second-order valence-corrected chi connectivity index (χ2v) is 6.62. The fourth-order valence-electron chi connectivity index (χ4n) is 2.34. The first-order valence-corrected chi connectivity index (χ1v) is 7.76. The van der Waals surface area contributed by atoms with Crippen LogP contribution in [-0.2, 0) is 10.2 Å². The minimum atomic E-state index is -0.988. The molecule has 24 heavy (non-hydrogen) atoms. The number of hydrogen-bond donors (Lipinski definition) is 2. The second-order valence-electron chi connectivity index (χ2n) is 6.62. The second kappa shape index (κ2) is 6.47. The molecule has 1 aromatic carbocycles. The molecule has 1 aromatic heterocycles. The van der Waals surface area contributed by atoms with Crippen molar-refractivity contribution in [3.05, 3.63) is 46.8 Å². The molecule has 0 spiro atoms. The molecule has 2 N–H and O–H groups in total. The van der Waals surface area contributed by atoms with E-state index in [-0.39, 0.29) is 11.8 Å². The molecule has 0 aliphatic rings. The average molecular weight is 330 g/mol. The minimum absolute atomic E-state index is 0.0469. The summed E-state index contributed by atoms with van der Waals surface area (Å²) in [4.78, 5) is 23.8. The van der Waals surface area contributed by atoms with E-state index < -0.39 is 11.4 Å². The Labute approximate surface area is 140 Å². The van der Waals surface area contributed by atoms with Gasteiger partial charge in [0.1, 0.15) is 5.56 Å². The number of aromatic nitrogens is 1. The van der Waals surface area contributed by atoms with Crippen LogP contribution in [0.3, 0.4) is 0 Å². The van der Waals surface area contributed by atoms with E-state index in [1.54, 1.807) is 45.0 Å². The SMILES string of the molecule is Cc1noc(C(C)C)c1C(=O)Nc1ccc(C(C)(C)C(=O)O)cc1. The quantitative estimate of drug-likeness (QED) is 0.871. The zero-order chi connectivity index (χ0) is 18.1. The standard InChI is InChI=1S/C18H22N2O4/c1-10(2)15-14(11(3)20-24-15)16(21)19-13-8-6-12(7-9-13)18(4,5)17(22)23/h6-10H,1-5H3,(H,19,21)(H,22,23). The van der Waals surface area contributed by atoms with Crippen molar-refractivity contribution in [1.82, 2.24) is 5.16 Å². The molecule has 6 heteroatoms. The van der Waals surface area contributed by atoms with Crippen molar-refractivity contribution in [2.75, 3.05) is 5.32 Å². The number of nitrogens with zero attached hydrogens (tertiary/aromatic N) is 1. The van der Waals surface area contributed by atoms with Crippen molar-refractivity contribution in [1.29, 1.82) is 0 Å². The normalized spacial score (nSPS) is 11.6. The largest absolute Gasteiger partial charge is 0.481 e. The zero-order valence-electron chi connectivity index (χ0n) is 14.5. The van der Waals surface area contributed by atoms with E-state index >= 15 is 0 Å². The lowest BCUT2D eigenvalue weighted by molar-refractivity contribution is -0.142. The van der Waals surface area contributed by atoms with Crippen LogP contribution in [0.15, 0.2) is 28.8 Å². The molecule has 0 saturated carbocycles. The molecule has 0 saturated heterocycles. The number of rotatable bonds is 5. The van der Waals surface area contributed by atoms with Crippen LogP contribution >= 0.6 is 0 Å². The third kappa shape index (κ3) is 3.32. The van der Waals surface area contributed by atoms with Crippen molar-refractivity contribution in [3.63, 3.8) is 0 Å².